The summed E-state index contributed by atoms with van der Waals surface area (Å²) < 4.78 is 20.2. The van der Waals surface area contributed by atoms with Crippen molar-refractivity contribution in [3.8, 4) is 0 Å². The van der Waals surface area contributed by atoms with E-state index < -0.39 is 0 Å². The fraction of sp³-hybridized carbons (Fsp3) is 0.696. The van der Waals surface area contributed by atoms with Crippen LogP contribution >= 0.6 is 0 Å². The lowest BCUT2D eigenvalue weighted by Gasteiger charge is -2.35. The number of nitrogens with one attached hydrogen (secondary N) is 2. The topological polar surface area (TPSA) is 60.1 Å². The third kappa shape index (κ3) is 7.33. The molecule has 2 fully saturated rings. The van der Waals surface area contributed by atoms with Crippen LogP contribution in [-0.2, 0) is 4.74 Å². The van der Waals surface area contributed by atoms with Crippen LogP contribution in [0.2, 0.25) is 0 Å². The number of halogens is 1. The molecule has 1 unspecified atom stereocenters. The summed E-state index contributed by atoms with van der Waals surface area (Å²) in [5, 5.41) is 5.76. The van der Waals surface area contributed by atoms with Crippen LogP contribution in [0.4, 0.5) is 20.6 Å². The summed E-state index contributed by atoms with van der Waals surface area (Å²) in [5.74, 6) is 0.242. The van der Waals surface area contributed by atoms with Crippen LogP contribution < -0.4 is 15.5 Å². The molecule has 3 rings (SSSR count). The minimum atomic E-state index is -0.300. The van der Waals surface area contributed by atoms with Crippen LogP contribution in [0.15, 0.2) is 18.2 Å². The van der Waals surface area contributed by atoms with E-state index in [1.807, 2.05) is 0 Å². The number of anilines is 2. The maximum absolute atomic E-state index is 14.8. The van der Waals surface area contributed by atoms with Crippen LogP contribution in [-0.4, -0.2) is 87.9 Å². The number of nitrogens with zero attached hydrogens (tertiary/aromatic N) is 3. The summed E-state index contributed by atoms with van der Waals surface area (Å²) >= 11 is 0. The van der Waals surface area contributed by atoms with Gasteiger partial charge in [0.05, 0.1) is 18.9 Å². The predicted octanol–water partition coefficient (Wildman–Crippen LogP) is 2.84. The van der Waals surface area contributed by atoms with E-state index in [1.165, 1.54) is 6.07 Å². The van der Waals surface area contributed by atoms with Crippen molar-refractivity contribution in [3.63, 3.8) is 0 Å². The van der Waals surface area contributed by atoms with E-state index in [-0.39, 0.29) is 17.9 Å². The maximum atomic E-state index is 14.8. The number of likely N-dealkylation sites (N-methyl/N-ethyl adjacent to an activating group) is 1. The standard InChI is InChI=1S/C23H38FN5O2/c1-18(2)15-20(28-11-13-31-14-12-28)17-25-23(30)26-19-5-6-22(21(24)16-19)29-8-4-7-27(3)9-10-29/h5-6,16,18,20H,4,7-15,17H2,1-3H3,(H2,25,26,30). The number of hydrogen-bond acceptors (Lipinski definition) is 5. The van der Waals surface area contributed by atoms with Crippen molar-refractivity contribution in [3.05, 3.63) is 24.0 Å². The Morgan fingerprint density at radius 2 is 1.90 bits per heavy atom. The lowest BCUT2D eigenvalue weighted by Crippen LogP contribution is -2.49. The SMILES string of the molecule is CC(C)CC(CNC(=O)Nc1ccc(N2CCCN(C)CC2)c(F)c1)N1CCOCC1. The molecule has 2 amide bonds. The largest absolute Gasteiger partial charge is 0.379 e. The van der Waals surface area contributed by atoms with E-state index in [0.717, 1.165) is 65.3 Å². The first-order valence-electron chi connectivity index (χ1n) is 11.5. The maximum Gasteiger partial charge on any atom is 0.319 e. The van der Waals surface area contributed by atoms with Gasteiger partial charge in [0.2, 0.25) is 0 Å². The molecule has 2 aliphatic rings. The molecule has 174 valence electrons. The first-order valence-corrected chi connectivity index (χ1v) is 11.5. The summed E-state index contributed by atoms with van der Waals surface area (Å²) in [6.07, 6.45) is 2.02. The van der Waals surface area contributed by atoms with Gasteiger partial charge in [-0.1, -0.05) is 13.8 Å². The van der Waals surface area contributed by atoms with Gasteiger partial charge in [-0.2, -0.15) is 0 Å². The summed E-state index contributed by atoms with van der Waals surface area (Å²) in [7, 11) is 2.09. The van der Waals surface area contributed by atoms with Crippen LogP contribution in [0, 0.1) is 11.7 Å². The minimum absolute atomic E-state index is 0.273. The first kappa shape index (κ1) is 23.8. The number of carbonyl (C=O) groups excluding carboxylic acids is 1. The number of amides is 2. The Balaban J connectivity index is 1.53. The van der Waals surface area contributed by atoms with E-state index in [4.69, 9.17) is 4.74 Å². The van der Waals surface area contributed by atoms with Gasteiger partial charge < -0.3 is 25.2 Å². The molecule has 0 aromatic heterocycles. The smallest absolute Gasteiger partial charge is 0.319 e. The number of morpholine rings is 1. The number of hydrogen-bond donors (Lipinski definition) is 2. The van der Waals surface area contributed by atoms with Crippen molar-refractivity contribution in [2.75, 3.05) is 76.3 Å². The van der Waals surface area contributed by atoms with Crippen LogP contribution in [0.1, 0.15) is 26.7 Å². The molecule has 0 radical (unpaired) electrons. The second kappa shape index (κ2) is 11.6. The van der Waals surface area contributed by atoms with E-state index in [0.29, 0.717) is 23.8 Å². The monoisotopic (exact) mass is 435 g/mol. The molecule has 2 saturated heterocycles. The zero-order chi connectivity index (χ0) is 22.2. The molecule has 1 aromatic rings. The molecular formula is C23H38FN5O2. The average molecular weight is 436 g/mol. The number of rotatable bonds is 7. The molecular weight excluding hydrogens is 397 g/mol. The molecule has 1 aromatic carbocycles. The zero-order valence-corrected chi connectivity index (χ0v) is 19.2. The van der Waals surface area contributed by atoms with E-state index >= 15 is 0 Å². The molecule has 1 atom stereocenters. The number of urea groups is 1. The third-order valence-corrected chi connectivity index (χ3v) is 6.07. The molecule has 2 aliphatic heterocycles. The van der Waals surface area contributed by atoms with Gasteiger partial charge in [0, 0.05) is 51.0 Å². The van der Waals surface area contributed by atoms with Crippen molar-refractivity contribution in [1.29, 1.82) is 0 Å². The average Bonchev–Trinajstić information content (AvgIpc) is 2.96. The lowest BCUT2D eigenvalue weighted by atomic mass is 10.0. The zero-order valence-electron chi connectivity index (χ0n) is 19.2. The lowest BCUT2D eigenvalue weighted by molar-refractivity contribution is 0.0130. The van der Waals surface area contributed by atoms with Crippen molar-refractivity contribution >= 4 is 17.4 Å². The molecule has 7 nitrogen and oxygen atoms in total. The number of ether oxygens (including phenoxy) is 1. The predicted molar refractivity (Wildman–Crippen MR) is 123 cm³/mol. The fourth-order valence-corrected chi connectivity index (χ4v) is 4.36. The Hall–Kier alpha value is -1.90. The first-order chi connectivity index (χ1) is 14.9. The molecule has 31 heavy (non-hydrogen) atoms. The highest BCUT2D eigenvalue weighted by atomic mass is 19.1. The minimum Gasteiger partial charge on any atom is -0.379 e. The van der Waals surface area contributed by atoms with Crippen molar-refractivity contribution in [1.82, 2.24) is 15.1 Å². The van der Waals surface area contributed by atoms with E-state index in [1.54, 1.807) is 12.1 Å². The van der Waals surface area contributed by atoms with Gasteiger partial charge in [-0.15, -0.1) is 0 Å². The van der Waals surface area contributed by atoms with Crippen LogP contribution in [0.5, 0.6) is 0 Å². The second-order valence-corrected chi connectivity index (χ2v) is 9.08. The van der Waals surface area contributed by atoms with Gasteiger partial charge in [-0.05, 0) is 50.6 Å². The Morgan fingerprint density at radius 3 is 2.61 bits per heavy atom. The highest BCUT2D eigenvalue weighted by Crippen LogP contribution is 2.24. The molecule has 0 aliphatic carbocycles. The number of carbonyl (C=O) groups is 1. The van der Waals surface area contributed by atoms with Gasteiger partial charge in [-0.3, -0.25) is 4.90 Å². The summed E-state index contributed by atoms with van der Waals surface area (Å²) in [6.45, 7) is 11.8. The van der Waals surface area contributed by atoms with Gasteiger partial charge in [0.15, 0.2) is 0 Å². The highest BCUT2D eigenvalue weighted by Gasteiger charge is 2.22. The Kier molecular flexibility index (Phi) is 8.92. The Morgan fingerprint density at radius 1 is 1.13 bits per heavy atom. The molecule has 0 saturated carbocycles. The van der Waals surface area contributed by atoms with Gasteiger partial charge in [-0.25, -0.2) is 9.18 Å². The Labute approximate surface area is 185 Å². The third-order valence-electron chi connectivity index (χ3n) is 6.07. The summed E-state index contributed by atoms with van der Waals surface area (Å²) in [4.78, 5) is 19.2. The van der Waals surface area contributed by atoms with E-state index in [9.17, 15) is 9.18 Å². The van der Waals surface area contributed by atoms with Crippen LogP contribution in [0.25, 0.3) is 0 Å². The quantitative estimate of drug-likeness (QED) is 0.690. The molecule has 0 bridgehead atoms. The highest BCUT2D eigenvalue weighted by molar-refractivity contribution is 5.89. The van der Waals surface area contributed by atoms with Crippen molar-refractivity contribution in [2.24, 2.45) is 5.92 Å². The molecule has 8 heteroatoms. The van der Waals surface area contributed by atoms with Crippen LogP contribution in [0.3, 0.4) is 0 Å². The van der Waals surface area contributed by atoms with Gasteiger partial charge in [0.25, 0.3) is 0 Å². The van der Waals surface area contributed by atoms with Gasteiger partial charge >= 0.3 is 6.03 Å². The van der Waals surface area contributed by atoms with Crippen molar-refractivity contribution in [2.45, 2.75) is 32.7 Å². The summed E-state index contributed by atoms with van der Waals surface area (Å²) in [5.41, 5.74) is 1.07. The fourth-order valence-electron chi connectivity index (χ4n) is 4.36. The van der Waals surface area contributed by atoms with Crippen molar-refractivity contribution < 1.29 is 13.9 Å². The Bertz CT molecular complexity index is 711. The normalized spacial score (nSPS) is 19.8. The summed E-state index contributed by atoms with van der Waals surface area (Å²) in [6, 6.07) is 4.93. The van der Waals surface area contributed by atoms with Gasteiger partial charge in [0.1, 0.15) is 5.82 Å². The second-order valence-electron chi connectivity index (χ2n) is 9.08. The number of benzene rings is 1. The molecule has 2 heterocycles. The molecule has 0 spiro atoms. The molecule has 2 N–H and O–H groups in total. The van der Waals surface area contributed by atoms with E-state index in [2.05, 4.69) is 46.2 Å².